The highest BCUT2D eigenvalue weighted by molar-refractivity contribution is 7.18. The Morgan fingerprint density at radius 2 is 1.83 bits per heavy atom. The Hall–Kier alpha value is -1.38. The van der Waals surface area contributed by atoms with Crippen LogP contribution in [0.1, 0.15) is 5.56 Å². The lowest BCUT2D eigenvalue weighted by molar-refractivity contribution is -0.137. The van der Waals surface area contributed by atoms with Crippen molar-refractivity contribution < 1.29 is 13.2 Å². The molecule has 0 radical (unpaired) electrons. The van der Waals surface area contributed by atoms with Gasteiger partial charge >= 0.3 is 6.18 Å². The number of hydrogen-bond donors (Lipinski definition) is 2. The zero-order valence-electron chi connectivity index (χ0n) is 8.73. The number of nitrogens with one attached hydrogen (secondary N) is 1. The maximum atomic E-state index is 12.7. The zero-order chi connectivity index (χ0) is 12.5. The number of benzene rings is 1. The van der Waals surface area contributed by atoms with Crippen molar-refractivity contribution in [2.24, 2.45) is 5.84 Å². The van der Waals surface area contributed by atoms with Crippen LogP contribution in [-0.4, -0.2) is 10.2 Å². The number of anilines is 1. The minimum atomic E-state index is -4.42. The lowest BCUT2D eigenvalue weighted by atomic mass is 10.1. The summed E-state index contributed by atoms with van der Waals surface area (Å²) in [5, 5.41) is 7.69. The fraction of sp³-hybridized carbons (Fsp3) is 0.111. The first-order valence-corrected chi connectivity index (χ1v) is 5.30. The van der Waals surface area contributed by atoms with E-state index in [1.165, 1.54) is 18.2 Å². The lowest BCUT2D eigenvalue weighted by Gasteiger charge is -2.09. The van der Waals surface area contributed by atoms with Crippen LogP contribution in [0.5, 0.6) is 0 Å². The van der Waals surface area contributed by atoms with Gasteiger partial charge in [0.15, 0.2) is 0 Å². The Labute approximate surface area is 110 Å². The molecule has 2 rings (SSSR count). The zero-order valence-corrected chi connectivity index (χ0v) is 10.4. The molecule has 4 nitrogen and oxygen atoms in total. The third-order valence-corrected chi connectivity index (χ3v) is 2.90. The van der Waals surface area contributed by atoms with Gasteiger partial charge in [0.05, 0.1) is 5.56 Å². The molecule has 1 aromatic heterocycles. The van der Waals surface area contributed by atoms with Crippen molar-refractivity contribution in [1.82, 2.24) is 10.2 Å². The van der Waals surface area contributed by atoms with Crippen LogP contribution in [0.4, 0.5) is 18.3 Å². The molecule has 1 aromatic carbocycles. The first kappa shape index (κ1) is 14.7. The van der Waals surface area contributed by atoms with Gasteiger partial charge in [0.2, 0.25) is 5.13 Å². The van der Waals surface area contributed by atoms with Crippen molar-refractivity contribution in [3.63, 3.8) is 0 Å². The number of aromatic nitrogens is 2. The molecule has 98 valence electrons. The fourth-order valence-electron chi connectivity index (χ4n) is 1.31. The first-order valence-electron chi connectivity index (χ1n) is 4.49. The SMILES string of the molecule is Cl.NNc1nnc(-c2ccccc2C(F)(F)F)s1. The maximum absolute atomic E-state index is 12.7. The van der Waals surface area contributed by atoms with Crippen molar-refractivity contribution in [3.8, 4) is 10.6 Å². The van der Waals surface area contributed by atoms with Crippen LogP contribution in [0.3, 0.4) is 0 Å². The molecule has 9 heteroatoms. The minimum Gasteiger partial charge on any atom is -0.298 e. The second-order valence-corrected chi connectivity index (χ2v) is 4.08. The number of nitrogen functional groups attached to an aromatic ring is 1. The van der Waals surface area contributed by atoms with E-state index in [-0.39, 0.29) is 28.1 Å². The number of nitrogens with zero attached hydrogens (tertiary/aromatic N) is 2. The van der Waals surface area contributed by atoms with Gasteiger partial charge in [0.25, 0.3) is 0 Å². The van der Waals surface area contributed by atoms with Crippen molar-refractivity contribution in [2.75, 3.05) is 5.43 Å². The Morgan fingerprint density at radius 3 is 2.39 bits per heavy atom. The van der Waals surface area contributed by atoms with Gasteiger partial charge in [-0.1, -0.05) is 29.5 Å². The summed E-state index contributed by atoms with van der Waals surface area (Å²) in [4.78, 5) is 0. The lowest BCUT2D eigenvalue weighted by Crippen LogP contribution is -2.06. The van der Waals surface area contributed by atoms with Crippen LogP contribution < -0.4 is 11.3 Å². The predicted octanol–water partition coefficient (Wildman–Crippen LogP) is 2.93. The smallest absolute Gasteiger partial charge is 0.298 e. The van der Waals surface area contributed by atoms with E-state index >= 15 is 0 Å². The first-order chi connectivity index (χ1) is 8.02. The predicted molar refractivity (Wildman–Crippen MR) is 65.4 cm³/mol. The van der Waals surface area contributed by atoms with Crippen LogP contribution in [0.15, 0.2) is 24.3 Å². The van der Waals surface area contributed by atoms with Gasteiger partial charge in [-0.15, -0.1) is 22.6 Å². The topological polar surface area (TPSA) is 63.8 Å². The average molecular weight is 297 g/mol. The van der Waals surface area contributed by atoms with E-state index in [4.69, 9.17) is 5.84 Å². The second kappa shape index (κ2) is 5.51. The standard InChI is InChI=1S/C9H7F3N4S.ClH/c10-9(11,12)6-4-2-1-3-5(6)7-15-16-8(14-13)17-7;/h1-4H,13H2,(H,14,16);1H. The number of hydrazine groups is 1. The molecule has 1 heterocycles. The van der Waals surface area contributed by atoms with E-state index in [0.29, 0.717) is 0 Å². The highest BCUT2D eigenvalue weighted by atomic mass is 35.5. The number of alkyl halides is 3. The van der Waals surface area contributed by atoms with Gasteiger partial charge in [-0.05, 0) is 6.07 Å². The number of nitrogens with two attached hydrogens (primary N) is 1. The maximum Gasteiger partial charge on any atom is 0.417 e. The molecule has 0 aliphatic carbocycles. The molecule has 0 bridgehead atoms. The molecule has 0 unspecified atom stereocenters. The van der Waals surface area contributed by atoms with Crippen molar-refractivity contribution >= 4 is 28.9 Å². The van der Waals surface area contributed by atoms with Crippen LogP contribution in [0, 0.1) is 0 Å². The minimum absolute atomic E-state index is 0. The van der Waals surface area contributed by atoms with E-state index < -0.39 is 11.7 Å². The Kier molecular flexibility index (Phi) is 4.49. The van der Waals surface area contributed by atoms with Gasteiger partial charge < -0.3 is 0 Å². The molecule has 0 aliphatic rings. The van der Waals surface area contributed by atoms with Gasteiger partial charge in [0.1, 0.15) is 5.01 Å². The number of halogens is 4. The van der Waals surface area contributed by atoms with Crippen molar-refractivity contribution in [2.45, 2.75) is 6.18 Å². The van der Waals surface area contributed by atoms with Gasteiger partial charge in [-0.3, -0.25) is 5.43 Å². The van der Waals surface area contributed by atoms with Crippen LogP contribution in [0.2, 0.25) is 0 Å². The van der Waals surface area contributed by atoms with Crippen molar-refractivity contribution in [1.29, 1.82) is 0 Å². The normalized spacial score (nSPS) is 10.9. The molecule has 0 saturated carbocycles. The Morgan fingerprint density at radius 1 is 1.17 bits per heavy atom. The summed E-state index contributed by atoms with van der Waals surface area (Å²) in [5.41, 5.74) is 1.50. The van der Waals surface area contributed by atoms with E-state index in [9.17, 15) is 13.2 Å². The summed E-state index contributed by atoms with van der Waals surface area (Å²) in [6.45, 7) is 0. The van der Waals surface area contributed by atoms with Crippen LogP contribution in [-0.2, 0) is 6.18 Å². The number of rotatable bonds is 2. The Balaban J connectivity index is 0.00000162. The van der Waals surface area contributed by atoms with Crippen LogP contribution >= 0.6 is 23.7 Å². The molecular formula is C9H8ClF3N4S. The summed E-state index contributed by atoms with van der Waals surface area (Å²) < 4.78 is 38.2. The quantitative estimate of drug-likeness (QED) is 0.660. The van der Waals surface area contributed by atoms with E-state index in [2.05, 4.69) is 15.6 Å². The summed E-state index contributed by atoms with van der Waals surface area (Å²) >= 11 is 0.958. The summed E-state index contributed by atoms with van der Waals surface area (Å²) in [6, 6.07) is 5.20. The summed E-state index contributed by atoms with van der Waals surface area (Å²) in [5.74, 6) is 5.10. The van der Waals surface area contributed by atoms with E-state index in [1.54, 1.807) is 0 Å². The second-order valence-electron chi connectivity index (χ2n) is 3.10. The molecule has 2 aromatic rings. The molecule has 0 spiro atoms. The average Bonchev–Trinajstić information content (AvgIpc) is 2.76. The third-order valence-electron chi connectivity index (χ3n) is 2.01. The molecule has 0 amide bonds. The largest absolute Gasteiger partial charge is 0.417 e. The number of hydrogen-bond acceptors (Lipinski definition) is 5. The summed E-state index contributed by atoms with van der Waals surface area (Å²) in [6.07, 6.45) is -4.42. The highest BCUT2D eigenvalue weighted by Crippen LogP contribution is 2.38. The fourth-order valence-corrected chi connectivity index (χ4v) is 2.00. The van der Waals surface area contributed by atoms with Gasteiger partial charge in [-0.25, -0.2) is 5.84 Å². The van der Waals surface area contributed by atoms with Gasteiger partial charge in [-0.2, -0.15) is 13.2 Å². The highest BCUT2D eigenvalue weighted by Gasteiger charge is 2.34. The third kappa shape index (κ3) is 2.89. The molecule has 0 saturated heterocycles. The van der Waals surface area contributed by atoms with E-state index in [1.807, 2.05) is 0 Å². The molecule has 18 heavy (non-hydrogen) atoms. The molecule has 0 atom stereocenters. The molecule has 3 N–H and O–H groups in total. The van der Waals surface area contributed by atoms with Gasteiger partial charge in [0, 0.05) is 5.56 Å². The van der Waals surface area contributed by atoms with Crippen LogP contribution in [0.25, 0.3) is 10.6 Å². The van der Waals surface area contributed by atoms with E-state index in [0.717, 1.165) is 17.4 Å². The summed E-state index contributed by atoms with van der Waals surface area (Å²) in [7, 11) is 0. The monoisotopic (exact) mass is 296 g/mol. The molecule has 0 fully saturated rings. The van der Waals surface area contributed by atoms with Crippen molar-refractivity contribution in [3.05, 3.63) is 29.8 Å². The molecular weight excluding hydrogens is 289 g/mol. The molecule has 0 aliphatic heterocycles. The Bertz CT molecular complexity index is 529.